The monoisotopic (exact) mass is 317 g/mol. The lowest BCUT2D eigenvalue weighted by atomic mass is 10.2. The molecule has 0 aromatic carbocycles. The van der Waals surface area contributed by atoms with Crippen LogP contribution in [0.15, 0.2) is 15.9 Å². The standard InChI is InChI=1S/C12H16BrNO2S/c1-8-7-16-9(2)5-14(8)6-11(15)12-10(13)3-4-17-12/h3-4,8-9H,5-7H2,1-2H3. The molecule has 0 spiro atoms. The first-order valence-corrected chi connectivity index (χ1v) is 7.37. The third-order valence-corrected chi connectivity index (χ3v) is 4.83. The predicted octanol–water partition coefficient (Wildman–Crippen LogP) is 2.80. The van der Waals surface area contributed by atoms with Gasteiger partial charge in [0, 0.05) is 17.1 Å². The molecule has 0 N–H and O–H groups in total. The molecule has 2 unspecified atom stereocenters. The largest absolute Gasteiger partial charge is 0.376 e. The number of halogens is 1. The molecule has 1 saturated heterocycles. The smallest absolute Gasteiger partial charge is 0.187 e. The normalized spacial score (nSPS) is 26.1. The van der Waals surface area contributed by atoms with Crippen LogP contribution in [0.25, 0.3) is 0 Å². The van der Waals surface area contributed by atoms with Gasteiger partial charge in [-0.3, -0.25) is 9.69 Å². The van der Waals surface area contributed by atoms with Crippen LogP contribution in [0.1, 0.15) is 23.5 Å². The van der Waals surface area contributed by atoms with Crippen LogP contribution < -0.4 is 0 Å². The van der Waals surface area contributed by atoms with Crippen LogP contribution in [0.3, 0.4) is 0 Å². The predicted molar refractivity (Wildman–Crippen MR) is 72.8 cm³/mol. The van der Waals surface area contributed by atoms with E-state index in [9.17, 15) is 4.79 Å². The van der Waals surface area contributed by atoms with Gasteiger partial charge < -0.3 is 4.74 Å². The zero-order valence-electron chi connectivity index (χ0n) is 9.98. The van der Waals surface area contributed by atoms with Crippen molar-refractivity contribution in [3.63, 3.8) is 0 Å². The van der Waals surface area contributed by atoms with Crippen molar-refractivity contribution in [1.82, 2.24) is 4.90 Å². The zero-order chi connectivity index (χ0) is 12.4. The summed E-state index contributed by atoms with van der Waals surface area (Å²) in [6.45, 7) is 6.16. The third-order valence-electron chi connectivity index (χ3n) is 2.95. The average Bonchev–Trinajstić information content (AvgIpc) is 2.70. The van der Waals surface area contributed by atoms with Gasteiger partial charge in [0.15, 0.2) is 5.78 Å². The second-order valence-corrected chi connectivity index (χ2v) is 6.21. The lowest BCUT2D eigenvalue weighted by Gasteiger charge is -2.36. The second kappa shape index (κ2) is 5.61. The van der Waals surface area contributed by atoms with E-state index in [1.54, 1.807) is 0 Å². The molecule has 1 fully saturated rings. The minimum atomic E-state index is 0.188. The quantitative estimate of drug-likeness (QED) is 0.803. The summed E-state index contributed by atoms with van der Waals surface area (Å²) in [4.78, 5) is 15.2. The molecule has 17 heavy (non-hydrogen) atoms. The van der Waals surface area contributed by atoms with E-state index in [0.717, 1.165) is 15.9 Å². The SMILES string of the molecule is CC1CN(CC(=O)c2sccc2Br)C(C)CO1. The van der Waals surface area contributed by atoms with Crippen molar-refractivity contribution >= 4 is 33.0 Å². The molecule has 0 aliphatic carbocycles. The Morgan fingerprint density at radius 1 is 1.65 bits per heavy atom. The second-order valence-electron chi connectivity index (χ2n) is 4.44. The van der Waals surface area contributed by atoms with Crippen LogP contribution in [0.4, 0.5) is 0 Å². The van der Waals surface area contributed by atoms with Crippen molar-refractivity contribution in [2.24, 2.45) is 0 Å². The summed E-state index contributed by atoms with van der Waals surface area (Å²) in [5.74, 6) is 0.188. The highest BCUT2D eigenvalue weighted by Gasteiger charge is 2.26. The summed E-state index contributed by atoms with van der Waals surface area (Å²) >= 11 is 4.90. The third kappa shape index (κ3) is 3.16. The number of hydrogen-bond donors (Lipinski definition) is 0. The molecule has 5 heteroatoms. The summed E-state index contributed by atoms with van der Waals surface area (Å²) in [7, 11) is 0. The molecular weight excluding hydrogens is 302 g/mol. The van der Waals surface area contributed by atoms with Gasteiger partial charge in [0.1, 0.15) is 0 Å². The number of morpholine rings is 1. The maximum Gasteiger partial charge on any atom is 0.187 e. The Hall–Kier alpha value is -0.230. The molecule has 2 rings (SSSR count). The number of ether oxygens (including phenoxy) is 1. The minimum Gasteiger partial charge on any atom is -0.376 e. The Morgan fingerprint density at radius 3 is 3.06 bits per heavy atom. The van der Waals surface area contributed by atoms with Gasteiger partial charge in [0.05, 0.1) is 24.1 Å². The van der Waals surface area contributed by atoms with Crippen LogP contribution in [0.2, 0.25) is 0 Å². The molecule has 1 aliphatic rings. The molecule has 94 valence electrons. The van der Waals surface area contributed by atoms with Gasteiger partial charge >= 0.3 is 0 Å². The highest BCUT2D eigenvalue weighted by atomic mass is 79.9. The van der Waals surface area contributed by atoms with Gasteiger partial charge in [0.2, 0.25) is 0 Å². The zero-order valence-corrected chi connectivity index (χ0v) is 12.4. The van der Waals surface area contributed by atoms with Crippen LogP contribution >= 0.6 is 27.3 Å². The van der Waals surface area contributed by atoms with Crippen LogP contribution in [-0.2, 0) is 4.74 Å². The summed E-state index contributed by atoms with van der Waals surface area (Å²) in [5.41, 5.74) is 0. The highest BCUT2D eigenvalue weighted by molar-refractivity contribution is 9.10. The van der Waals surface area contributed by atoms with Gasteiger partial charge in [0.25, 0.3) is 0 Å². The first-order chi connectivity index (χ1) is 8.08. The van der Waals surface area contributed by atoms with Crippen molar-refractivity contribution in [3.05, 3.63) is 20.8 Å². The summed E-state index contributed by atoms with van der Waals surface area (Å²) in [5, 5.41) is 1.93. The molecule has 2 atom stereocenters. The molecule has 1 aromatic rings. The molecule has 0 bridgehead atoms. The van der Waals surface area contributed by atoms with Crippen LogP contribution in [0.5, 0.6) is 0 Å². The highest BCUT2D eigenvalue weighted by Crippen LogP contribution is 2.24. The van der Waals surface area contributed by atoms with Gasteiger partial charge in [-0.1, -0.05) is 0 Å². The number of ketones is 1. The maximum absolute atomic E-state index is 12.1. The fourth-order valence-electron chi connectivity index (χ4n) is 1.94. The molecule has 3 nitrogen and oxygen atoms in total. The molecular formula is C12H16BrNO2S. The van der Waals surface area contributed by atoms with E-state index in [2.05, 4.69) is 27.8 Å². The molecule has 0 saturated carbocycles. The van der Waals surface area contributed by atoms with Gasteiger partial charge in [-0.25, -0.2) is 0 Å². The Morgan fingerprint density at radius 2 is 2.41 bits per heavy atom. The topological polar surface area (TPSA) is 29.5 Å². The number of rotatable bonds is 3. The molecule has 2 heterocycles. The van der Waals surface area contributed by atoms with Crippen molar-refractivity contribution < 1.29 is 9.53 Å². The summed E-state index contributed by atoms with van der Waals surface area (Å²) in [6.07, 6.45) is 0.214. The molecule has 0 radical (unpaired) electrons. The van der Waals surface area contributed by atoms with Gasteiger partial charge in [-0.2, -0.15) is 0 Å². The van der Waals surface area contributed by atoms with E-state index in [1.165, 1.54) is 11.3 Å². The van der Waals surface area contributed by atoms with Crippen LogP contribution in [0, 0.1) is 0 Å². The van der Waals surface area contributed by atoms with Gasteiger partial charge in [-0.15, -0.1) is 11.3 Å². The maximum atomic E-state index is 12.1. The van der Waals surface area contributed by atoms with E-state index < -0.39 is 0 Å². The molecule has 0 amide bonds. The lowest BCUT2D eigenvalue weighted by Crippen LogP contribution is -2.49. The van der Waals surface area contributed by atoms with Crippen LogP contribution in [-0.4, -0.2) is 42.5 Å². The first kappa shape index (κ1) is 13.2. The van der Waals surface area contributed by atoms with E-state index >= 15 is 0 Å². The Labute approximate surface area is 114 Å². The fourth-order valence-corrected chi connectivity index (χ4v) is 3.47. The van der Waals surface area contributed by atoms with Crippen molar-refractivity contribution in [2.45, 2.75) is 26.0 Å². The lowest BCUT2D eigenvalue weighted by molar-refractivity contribution is -0.0459. The van der Waals surface area contributed by atoms with E-state index in [4.69, 9.17) is 4.74 Å². The fraction of sp³-hybridized carbons (Fsp3) is 0.583. The molecule has 1 aromatic heterocycles. The Balaban J connectivity index is 2.01. The number of nitrogens with zero attached hydrogens (tertiary/aromatic N) is 1. The first-order valence-electron chi connectivity index (χ1n) is 5.69. The number of Topliss-reactive ketones (excluding diaryl/α,β-unsaturated/α-hetero) is 1. The Bertz CT molecular complexity index is 407. The number of carbonyl (C=O) groups is 1. The number of hydrogen-bond acceptors (Lipinski definition) is 4. The Kier molecular flexibility index (Phi) is 4.36. The number of thiophene rings is 1. The van der Waals surface area contributed by atoms with E-state index in [0.29, 0.717) is 19.2 Å². The van der Waals surface area contributed by atoms with Gasteiger partial charge in [-0.05, 0) is 41.2 Å². The van der Waals surface area contributed by atoms with Crippen molar-refractivity contribution in [2.75, 3.05) is 19.7 Å². The van der Waals surface area contributed by atoms with Crippen molar-refractivity contribution in [3.8, 4) is 0 Å². The van der Waals surface area contributed by atoms with E-state index in [1.807, 2.05) is 18.4 Å². The minimum absolute atomic E-state index is 0.188. The van der Waals surface area contributed by atoms with E-state index in [-0.39, 0.29) is 11.9 Å². The summed E-state index contributed by atoms with van der Waals surface area (Å²) in [6, 6.07) is 2.23. The molecule has 1 aliphatic heterocycles. The van der Waals surface area contributed by atoms with Crippen molar-refractivity contribution in [1.29, 1.82) is 0 Å². The number of carbonyl (C=O) groups excluding carboxylic acids is 1. The average molecular weight is 318 g/mol. The summed E-state index contributed by atoms with van der Waals surface area (Å²) < 4.78 is 6.46.